The number of ether oxygens (including phenoxy) is 1. The molecule has 0 unspecified atom stereocenters. The molecule has 0 radical (unpaired) electrons. The Kier molecular flexibility index (Phi) is 4.83. The van der Waals surface area contributed by atoms with Crippen LogP contribution in [0.15, 0.2) is 24.3 Å². The predicted molar refractivity (Wildman–Crippen MR) is 93.0 cm³/mol. The summed E-state index contributed by atoms with van der Waals surface area (Å²) < 4.78 is 5.64. The van der Waals surface area contributed by atoms with Crippen LogP contribution in [0.4, 0.5) is 0 Å². The van der Waals surface area contributed by atoms with E-state index in [4.69, 9.17) is 4.74 Å². The van der Waals surface area contributed by atoms with Gasteiger partial charge in [-0.15, -0.1) is 0 Å². The van der Waals surface area contributed by atoms with E-state index in [0.717, 1.165) is 52.0 Å². The zero-order chi connectivity index (χ0) is 16.4. The van der Waals surface area contributed by atoms with Gasteiger partial charge in [0.2, 0.25) is 0 Å². The van der Waals surface area contributed by atoms with Crippen molar-refractivity contribution in [3.63, 3.8) is 0 Å². The van der Waals surface area contributed by atoms with Crippen molar-refractivity contribution in [3.05, 3.63) is 35.4 Å². The van der Waals surface area contributed by atoms with Crippen molar-refractivity contribution in [2.24, 2.45) is 0 Å². The maximum absolute atomic E-state index is 12.7. The summed E-state index contributed by atoms with van der Waals surface area (Å²) in [5, 5.41) is 3.25. The van der Waals surface area contributed by atoms with Crippen LogP contribution in [0, 0.1) is 0 Å². The van der Waals surface area contributed by atoms with E-state index >= 15 is 0 Å². The van der Waals surface area contributed by atoms with Gasteiger partial charge in [-0.1, -0.05) is 24.3 Å². The predicted octanol–water partition coefficient (Wildman–Crippen LogP) is 0.677. The molecule has 2 fully saturated rings. The summed E-state index contributed by atoms with van der Waals surface area (Å²) in [6, 6.07) is 9.40. The SMILES string of the molecule is O=C([C@H]1CNCCO1)N1CCCN(C2Cc3ccccc3C2)CC1. The summed E-state index contributed by atoms with van der Waals surface area (Å²) in [5.74, 6) is 0.166. The van der Waals surface area contributed by atoms with E-state index in [9.17, 15) is 4.79 Å². The molecule has 130 valence electrons. The van der Waals surface area contributed by atoms with Gasteiger partial charge in [0.05, 0.1) is 6.61 Å². The number of hydrogen-bond donors (Lipinski definition) is 1. The highest BCUT2D eigenvalue weighted by atomic mass is 16.5. The lowest BCUT2D eigenvalue weighted by atomic mass is 10.1. The van der Waals surface area contributed by atoms with Crippen LogP contribution < -0.4 is 5.32 Å². The second kappa shape index (κ2) is 7.21. The molecular weight excluding hydrogens is 302 g/mol. The minimum Gasteiger partial charge on any atom is -0.366 e. The summed E-state index contributed by atoms with van der Waals surface area (Å²) >= 11 is 0. The molecule has 0 bridgehead atoms. The van der Waals surface area contributed by atoms with E-state index in [2.05, 4.69) is 34.5 Å². The van der Waals surface area contributed by atoms with Gasteiger partial charge < -0.3 is 15.0 Å². The number of nitrogens with zero attached hydrogens (tertiary/aromatic N) is 2. The first kappa shape index (κ1) is 16.1. The molecular formula is C19H27N3O2. The highest BCUT2D eigenvalue weighted by Gasteiger charge is 2.31. The minimum absolute atomic E-state index is 0.166. The quantitative estimate of drug-likeness (QED) is 0.867. The summed E-state index contributed by atoms with van der Waals surface area (Å²) in [4.78, 5) is 17.3. The molecule has 1 aliphatic carbocycles. The Hall–Kier alpha value is -1.43. The Morgan fingerprint density at radius 3 is 2.58 bits per heavy atom. The third kappa shape index (κ3) is 3.34. The number of amides is 1. The molecule has 5 nitrogen and oxygen atoms in total. The first-order chi connectivity index (χ1) is 11.8. The van der Waals surface area contributed by atoms with Gasteiger partial charge in [0.15, 0.2) is 0 Å². The minimum atomic E-state index is -0.291. The van der Waals surface area contributed by atoms with Crippen LogP contribution in [-0.2, 0) is 22.4 Å². The van der Waals surface area contributed by atoms with Crippen molar-refractivity contribution in [3.8, 4) is 0 Å². The highest BCUT2D eigenvalue weighted by Crippen LogP contribution is 2.26. The summed E-state index contributed by atoms with van der Waals surface area (Å²) in [6.45, 7) is 5.88. The Morgan fingerprint density at radius 1 is 1.08 bits per heavy atom. The fraction of sp³-hybridized carbons (Fsp3) is 0.632. The maximum Gasteiger partial charge on any atom is 0.253 e. The highest BCUT2D eigenvalue weighted by molar-refractivity contribution is 5.81. The fourth-order valence-electron chi connectivity index (χ4n) is 4.24. The Morgan fingerprint density at radius 2 is 1.88 bits per heavy atom. The molecule has 4 rings (SSSR count). The average molecular weight is 329 g/mol. The van der Waals surface area contributed by atoms with E-state index in [1.165, 1.54) is 11.1 Å². The molecule has 1 aromatic rings. The van der Waals surface area contributed by atoms with Gasteiger partial charge in [0, 0.05) is 45.3 Å². The smallest absolute Gasteiger partial charge is 0.253 e. The number of carbonyl (C=O) groups excluding carboxylic acids is 1. The largest absolute Gasteiger partial charge is 0.366 e. The second-order valence-electron chi connectivity index (χ2n) is 7.11. The van der Waals surface area contributed by atoms with Crippen molar-refractivity contribution in [2.45, 2.75) is 31.4 Å². The first-order valence-corrected chi connectivity index (χ1v) is 9.23. The molecule has 1 atom stereocenters. The number of fused-ring (bicyclic) bond motifs is 1. The standard InChI is InChI=1S/C19H27N3O2/c23-19(18-14-20-6-11-24-18)22-8-3-7-21(9-10-22)17-12-15-4-1-2-5-16(15)13-17/h1-2,4-5,17-18,20H,3,6-14H2/t18-/m1/s1. The molecule has 0 saturated carbocycles. The Balaban J connectivity index is 1.34. The van der Waals surface area contributed by atoms with Gasteiger partial charge in [0.25, 0.3) is 5.91 Å². The molecule has 0 spiro atoms. The van der Waals surface area contributed by atoms with Crippen molar-refractivity contribution >= 4 is 5.91 Å². The molecule has 24 heavy (non-hydrogen) atoms. The van der Waals surface area contributed by atoms with Crippen LogP contribution in [0.3, 0.4) is 0 Å². The maximum atomic E-state index is 12.7. The number of rotatable bonds is 2. The summed E-state index contributed by atoms with van der Waals surface area (Å²) in [6.07, 6.45) is 3.07. The number of benzene rings is 1. The lowest BCUT2D eigenvalue weighted by Gasteiger charge is -2.30. The third-order valence-corrected chi connectivity index (χ3v) is 5.59. The van der Waals surface area contributed by atoms with E-state index in [0.29, 0.717) is 19.2 Å². The van der Waals surface area contributed by atoms with Crippen LogP contribution >= 0.6 is 0 Å². The van der Waals surface area contributed by atoms with Crippen molar-refractivity contribution in [1.29, 1.82) is 0 Å². The molecule has 2 heterocycles. The molecule has 2 aliphatic heterocycles. The van der Waals surface area contributed by atoms with Crippen molar-refractivity contribution in [1.82, 2.24) is 15.1 Å². The number of hydrogen-bond acceptors (Lipinski definition) is 4. The van der Waals surface area contributed by atoms with Gasteiger partial charge >= 0.3 is 0 Å². The van der Waals surface area contributed by atoms with Crippen molar-refractivity contribution in [2.75, 3.05) is 45.9 Å². The Bertz CT molecular complexity index is 561. The van der Waals surface area contributed by atoms with E-state index in [1.807, 2.05) is 4.90 Å². The topological polar surface area (TPSA) is 44.8 Å². The normalized spacial score (nSPS) is 26.2. The number of nitrogens with one attached hydrogen (secondary N) is 1. The van der Waals surface area contributed by atoms with Gasteiger partial charge in [-0.05, 0) is 30.4 Å². The zero-order valence-electron chi connectivity index (χ0n) is 14.2. The van der Waals surface area contributed by atoms with Crippen LogP contribution in [0.25, 0.3) is 0 Å². The Labute approximate surface area is 144 Å². The lowest BCUT2D eigenvalue weighted by Crippen LogP contribution is -2.50. The molecule has 3 aliphatic rings. The molecule has 1 amide bonds. The van der Waals surface area contributed by atoms with Crippen LogP contribution in [-0.4, -0.2) is 73.7 Å². The first-order valence-electron chi connectivity index (χ1n) is 9.23. The number of carbonyl (C=O) groups is 1. The third-order valence-electron chi connectivity index (χ3n) is 5.59. The van der Waals surface area contributed by atoms with Crippen LogP contribution in [0.1, 0.15) is 17.5 Å². The average Bonchev–Trinajstić information content (AvgIpc) is 2.91. The van der Waals surface area contributed by atoms with E-state index < -0.39 is 0 Å². The molecule has 5 heteroatoms. The van der Waals surface area contributed by atoms with E-state index in [-0.39, 0.29) is 12.0 Å². The second-order valence-corrected chi connectivity index (χ2v) is 7.11. The fourth-order valence-corrected chi connectivity index (χ4v) is 4.24. The van der Waals surface area contributed by atoms with Gasteiger partial charge in [-0.3, -0.25) is 9.69 Å². The molecule has 0 aromatic heterocycles. The van der Waals surface area contributed by atoms with Gasteiger partial charge in [-0.25, -0.2) is 0 Å². The van der Waals surface area contributed by atoms with E-state index in [1.54, 1.807) is 0 Å². The van der Waals surface area contributed by atoms with Gasteiger partial charge in [-0.2, -0.15) is 0 Å². The van der Waals surface area contributed by atoms with Gasteiger partial charge in [0.1, 0.15) is 6.10 Å². The monoisotopic (exact) mass is 329 g/mol. The van der Waals surface area contributed by atoms with Crippen molar-refractivity contribution < 1.29 is 9.53 Å². The van der Waals surface area contributed by atoms with Crippen LogP contribution in [0.5, 0.6) is 0 Å². The zero-order valence-corrected chi connectivity index (χ0v) is 14.2. The molecule has 1 aromatic carbocycles. The summed E-state index contributed by atoms with van der Waals surface area (Å²) in [7, 11) is 0. The molecule has 2 saturated heterocycles. The lowest BCUT2D eigenvalue weighted by molar-refractivity contribution is -0.145. The molecule has 1 N–H and O–H groups in total. The summed E-state index contributed by atoms with van der Waals surface area (Å²) in [5.41, 5.74) is 3.00. The number of morpholine rings is 1. The van der Waals surface area contributed by atoms with Crippen LogP contribution in [0.2, 0.25) is 0 Å².